The minimum Gasteiger partial charge on any atom is -0.469 e. The van der Waals surface area contributed by atoms with E-state index in [9.17, 15) is 0 Å². The maximum atomic E-state index is 5.83. The van der Waals surface area contributed by atoms with Crippen molar-refractivity contribution in [3.63, 3.8) is 0 Å². The predicted octanol–water partition coefficient (Wildman–Crippen LogP) is 3.03. The van der Waals surface area contributed by atoms with Gasteiger partial charge in [-0.3, -0.25) is 0 Å². The van der Waals surface area contributed by atoms with Crippen molar-refractivity contribution in [1.82, 2.24) is 5.32 Å². The summed E-state index contributed by atoms with van der Waals surface area (Å²) in [6, 6.07) is 6.36. The van der Waals surface area contributed by atoms with Crippen LogP contribution in [0.3, 0.4) is 0 Å². The summed E-state index contributed by atoms with van der Waals surface area (Å²) in [7, 11) is 0. The molecular formula is C13H18N2OS. The van der Waals surface area contributed by atoms with E-state index in [0.717, 1.165) is 30.8 Å². The van der Waals surface area contributed by atoms with E-state index in [4.69, 9.17) is 10.2 Å². The van der Waals surface area contributed by atoms with Crippen molar-refractivity contribution in [1.29, 1.82) is 0 Å². The van der Waals surface area contributed by atoms with Gasteiger partial charge in [-0.25, -0.2) is 0 Å². The fraction of sp³-hybridized carbons (Fsp3) is 0.385. The van der Waals surface area contributed by atoms with Gasteiger partial charge in [-0.1, -0.05) is 0 Å². The highest BCUT2D eigenvalue weighted by molar-refractivity contribution is 7.10. The number of nitrogens with one attached hydrogen (secondary N) is 1. The van der Waals surface area contributed by atoms with Crippen LogP contribution in [0.1, 0.15) is 24.0 Å². The second-order valence-corrected chi connectivity index (χ2v) is 5.20. The van der Waals surface area contributed by atoms with E-state index in [1.54, 1.807) is 17.6 Å². The van der Waals surface area contributed by atoms with Crippen molar-refractivity contribution in [2.24, 2.45) is 0 Å². The number of nitrogens with two attached hydrogens (primary N) is 1. The van der Waals surface area contributed by atoms with Crippen LogP contribution < -0.4 is 11.1 Å². The molecule has 0 aromatic carbocycles. The normalized spacial score (nSPS) is 12.8. The van der Waals surface area contributed by atoms with Gasteiger partial charge in [-0.2, -0.15) is 0 Å². The van der Waals surface area contributed by atoms with Gasteiger partial charge >= 0.3 is 0 Å². The summed E-state index contributed by atoms with van der Waals surface area (Å²) in [6.45, 7) is 3.04. The number of aryl methyl sites for hydroxylation is 1. The van der Waals surface area contributed by atoms with E-state index in [-0.39, 0.29) is 0 Å². The highest BCUT2D eigenvalue weighted by Crippen LogP contribution is 2.18. The Morgan fingerprint density at radius 3 is 3.00 bits per heavy atom. The van der Waals surface area contributed by atoms with E-state index >= 15 is 0 Å². The Kier molecular flexibility index (Phi) is 4.23. The second-order valence-electron chi connectivity index (χ2n) is 4.20. The van der Waals surface area contributed by atoms with Crippen LogP contribution in [0.25, 0.3) is 0 Å². The standard InChI is InChI=1S/C13H18N2OS/c1-10(4-5-11-3-2-7-16-11)15-9-13-12(14)6-8-17-13/h2-3,6-8,10,15H,4-5,9,14H2,1H3. The first-order valence-corrected chi connectivity index (χ1v) is 6.71. The fourth-order valence-corrected chi connectivity index (χ4v) is 2.43. The van der Waals surface area contributed by atoms with Gasteiger partial charge in [0.1, 0.15) is 5.76 Å². The topological polar surface area (TPSA) is 51.2 Å². The monoisotopic (exact) mass is 250 g/mol. The van der Waals surface area contributed by atoms with E-state index in [1.807, 2.05) is 23.6 Å². The quantitative estimate of drug-likeness (QED) is 0.828. The van der Waals surface area contributed by atoms with E-state index in [0.29, 0.717) is 6.04 Å². The molecule has 0 bridgehead atoms. The van der Waals surface area contributed by atoms with Crippen LogP contribution in [-0.2, 0) is 13.0 Å². The third-order valence-electron chi connectivity index (χ3n) is 2.79. The number of thiophene rings is 1. The Hall–Kier alpha value is -1.26. The molecule has 3 N–H and O–H groups in total. The van der Waals surface area contributed by atoms with Crippen LogP contribution >= 0.6 is 11.3 Å². The van der Waals surface area contributed by atoms with Crippen molar-refractivity contribution < 1.29 is 4.42 Å². The average Bonchev–Trinajstić information content (AvgIpc) is 2.95. The molecule has 2 aromatic rings. The zero-order valence-corrected chi connectivity index (χ0v) is 10.8. The van der Waals surface area contributed by atoms with Crippen LogP contribution in [-0.4, -0.2) is 6.04 Å². The van der Waals surface area contributed by atoms with Gasteiger partial charge in [-0.05, 0) is 36.9 Å². The number of anilines is 1. The zero-order valence-electron chi connectivity index (χ0n) is 9.98. The molecule has 0 radical (unpaired) electrons. The smallest absolute Gasteiger partial charge is 0.103 e. The molecule has 2 rings (SSSR count). The average molecular weight is 250 g/mol. The molecule has 92 valence electrons. The van der Waals surface area contributed by atoms with Gasteiger partial charge in [0.25, 0.3) is 0 Å². The van der Waals surface area contributed by atoms with Crippen LogP contribution in [0.15, 0.2) is 34.3 Å². The molecule has 0 aliphatic heterocycles. The molecule has 1 unspecified atom stereocenters. The lowest BCUT2D eigenvalue weighted by molar-refractivity contribution is 0.461. The lowest BCUT2D eigenvalue weighted by atomic mass is 10.1. The zero-order chi connectivity index (χ0) is 12.1. The summed E-state index contributed by atoms with van der Waals surface area (Å²) in [5, 5.41) is 5.50. The SMILES string of the molecule is CC(CCc1ccco1)NCc1sccc1N. The summed E-state index contributed by atoms with van der Waals surface area (Å²) in [4.78, 5) is 1.22. The number of nitrogen functional groups attached to an aromatic ring is 1. The summed E-state index contributed by atoms with van der Waals surface area (Å²) >= 11 is 1.70. The Bertz CT molecular complexity index is 436. The maximum absolute atomic E-state index is 5.83. The van der Waals surface area contributed by atoms with Crippen molar-refractivity contribution in [3.05, 3.63) is 40.5 Å². The van der Waals surface area contributed by atoms with Gasteiger partial charge in [0, 0.05) is 29.6 Å². The van der Waals surface area contributed by atoms with Crippen molar-refractivity contribution in [3.8, 4) is 0 Å². The number of hydrogen-bond acceptors (Lipinski definition) is 4. The first kappa shape index (κ1) is 12.2. The molecular weight excluding hydrogens is 232 g/mol. The Morgan fingerprint density at radius 2 is 2.35 bits per heavy atom. The van der Waals surface area contributed by atoms with Crippen molar-refractivity contribution in [2.45, 2.75) is 32.4 Å². The maximum Gasteiger partial charge on any atom is 0.103 e. The minimum atomic E-state index is 0.460. The first-order valence-electron chi connectivity index (χ1n) is 5.83. The van der Waals surface area contributed by atoms with Crippen LogP contribution in [0, 0.1) is 0 Å². The lowest BCUT2D eigenvalue weighted by Gasteiger charge is -2.12. The Morgan fingerprint density at radius 1 is 1.47 bits per heavy atom. The molecule has 0 amide bonds. The summed E-state index contributed by atoms with van der Waals surface area (Å²) in [5.41, 5.74) is 6.72. The molecule has 2 aromatic heterocycles. The summed E-state index contributed by atoms with van der Waals surface area (Å²) in [6.07, 6.45) is 3.76. The van der Waals surface area contributed by atoms with Gasteiger partial charge in [0.15, 0.2) is 0 Å². The van der Waals surface area contributed by atoms with Gasteiger partial charge in [-0.15, -0.1) is 11.3 Å². The van der Waals surface area contributed by atoms with Crippen LogP contribution in [0.2, 0.25) is 0 Å². The van der Waals surface area contributed by atoms with E-state index < -0.39 is 0 Å². The molecule has 3 nitrogen and oxygen atoms in total. The third-order valence-corrected chi connectivity index (χ3v) is 3.73. The van der Waals surface area contributed by atoms with Crippen molar-refractivity contribution in [2.75, 3.05) is 5.73 Å². The largest absolute Gasteiger partial charge is 0.469 e. The molecule has 0 aliphatic rings. The van der Waals surface area contributed by atoms with Gasteiger partial charge in [0.05, 0.1) is 6.26 Å². The lowest BCUT2D eigenvalue weighted by Crippen LogP contribution is -2.25. The van der Waals surface area contributed by atoms with Gasteiger partial charge in [0.2, 0.25) is 0 Å². The predicted molar refractivity (Wildman–Crippen MR) is 72.1 cm³/mol. The molecule has 2 heterocycles. The second kappa shape index (κ2) is 5.89. The summed E-state index contributed by atoms with van der Waals surface area (Å²) in [5.74, 6) is 1.05. The highest BCUT2D eigenvalue weighted by Gasteiger charge is 2.05. The molecule has 0 saturated carbocycles. The number of furan rings is 1. The molecule has 0 saturated heterocycles. The number of rotatable bonds is 6. The molecule has 4 heteroatoms. The summed E-state index contributed by atoms with van der Waals surface area (Å²) < 4.78 is 5.31. The first-order chi connectivity index (χ1) is 8.25. The highest BCUT2D eigenvalue weighted by atomic mass is 32.1. The number of hydrogen-bond donors (Lipinski definition) is 2. The molecule has 0 aliphatic carbocycles. The molecule has 17 heavy (non-hydrogen) atoms. The van der Waals surface area contributed by atoms with Crippen LogP contribution in [0.5, 0.6) is 0 Å². The molecule has 1 atom stereocenters. The van der Waals surface area contributed by atoms with Gasteiger partial charge < -0.3 is 15.5 Å². The van der Waals surface area contributed by atoms with E-state index in [1.165, 1.54) is 4.88 Å². The van der Waals surface area contributed by atoms with Crippen molar-refractivity contribution >= 4 is 17.0 Å². The van der Waals surface area contributed by atoms with Crippen LogP contribution in [0.4, 0.5) is 5.69 Å². The fourth-order valence-electron chi connectivity index (χ4n) is 1.68. The molecule has 0 fully saturated rings. The Labute approximate surface area is 106 Å². The minimum absolute atomic E-state index is 0.460. The molecule has 0 spiro atoms. The third kappa shape index (κ3) is 3.61. The Balaban J connectivity index is 1.71. The van der Waals surface area contributed by atoms with E-state index in [2.05, 4.69) is 12.2 Å².